The molecule has 0 unspecified atom stereocenters. The molecule has 20 heavy (non-hydrogen) atoms. The van der Waals surface area contributed by atoms with E-state index in [1.165, 1.54) is 5.56 Å². The highest BCUT2D eigenvalue weighted by molar-refractivity contribution is 5.53. The van der Waals surface area contributed by atoms with Crippen molar-refractivity contribution in [2.24, 2.45) is 0 Å². The van der Waals surface area contributed by atoms with Crippen molar-refractivity contribution in [1.29, 1.82) is 0 Å². The molecule has 3 nitrogen and oxygen atoms in total. The van der Waals surface area contributed by atoms with Gasteiger partial charge in [0.15, 0.2) is 0 Å². The van der Waals surface area contributed by atoms with E-state index >= 15 is 0 Å². The number of nitrogens with two attached hydrogens (primary N) is 1. The van der Waals surface area contributed by atoms with Crippen LogP contribution in [0.2, 0.25) is 0 Å². The molecule has 0 aliphatic rings. The maximum absolute atomic E-state index is 5.86. The van der Waals surface area contributed by atoms with Gasteiger partial charge in [0.25, 0.3) is 0 Å². The summed E-state index contributed by atoms with van der Waals surface area (Å²) in [5, 5.41) is 0. The van der Waals surface area contributed by atoms with Crippen LogP contribution in [0.15, 0.2) is 36.4 Å². The fourth-order valence-corrected chi connectivity index (χ4v) is 1.93. The highest BCUT2D eigenvalue weighted by atomic mass is 16.5. The van der Waals surface area contributed by atoms with Gasteiger partial charge in [0.05, 0.1) is 5.69 Å². The van der Waals surface area contributed by atoms with Gasteiger partial charge in [0.1, 0.15) is 24.7 Å². The molecule has 2 rings (SSSR count). The van der Waals surface area contributed by atoms with E-state index in [1.54, 1.807) is 0 Å². The Morgan fingerprint density at radius 3 is 2.05 bits per heavy atom. The van der Waals surface area contributed by atoms with Crippen molar-refractivity contribution in [1.82, 2.24) is 0 Å². The highest BCUT2D eigenvalue weighted by Gasteiger charge is 2.02. The first-order valence-electron chi connectivity index (χ1n) is 6.75. The monoisotopic (exact) mass is 271 g/mol. The van der Waals surface area contributed by atoms with Crippen molar-refractivity contribution in [2.45, 2.75) is 20.8 Å². The van der Waals surface area contributed by atoms with Crippen LogP contribution in [0, 0.1) is 20.8 Å². The molecule has 0 aliphatic carbocycles. The van der Waals surface area contributed by atoms with Gasteiger partial charge in [-0.3, -0.25) is 0 Å². The molecule has 0 amide bonds. The zero-order chi connectivity index (χ0) is 14.5. The van der Waals surface area contributed by atoms with Crippen molar-refractivity contribution in [3.63, 3.8) is 0 Å². The van der Waals surface area contributed by atoms with Gasteiger partial charge in [-0.2, -0.15) is 0 Å². The van der Waals surface area contributed by atoms with Crippen LogP contribution >= 0.6 is 0 Å². The van der Waals surface area contributed by atoms with Gasteiger partial charge in [-0.25, -0.2) is 0 Å². The molecule has 106 valence electrons. The molecule has 0 saturated heterocycles. The number of rotatable bonds is 5. The molecule has 0 aliphatic heterocycles. The average Bonchev–Trinajstić information content (AvgIpc) is 2.42. The van der Waals surface area contributed by atoms with Crippen molar-refractivity contribution in [3.8, 4) is 11.5 Å². The second kappa shape index (κ2) is 6.33. The summed E-state index contributed by atoms with van der Waals surface area (Å²) < 4.78 is 11.4. The van der Waals surface area contributed by atoms with Gasteiger partial charge in [0, 0.05) is 0 Å². The van der Waals surface area contributed by atoms with Gasteiger partial charge in [0.2, 0.25) is 0 Å². The van der Waals surface area contributed by atoms with E-state index in [0.717, 1.165) is 22.6 Å². The number of hydrogen-bond donors (Lipinski definition) is 1. The highest BCUT2D eigenvalue weighted by Crippen LogP contribution is 2.22. The number of ether oxygens (including phenoxy) is 2. The molecular formula is C17H21NO2. The van der Waals surface area contributed by atoms with Crippen molar-refractivity contribution < 1.29 is 9.47 Å². The first kappa shape index (κ1) is 14.3. The lowest BCUT2D eigenvalue weighted by atomic mass is 10.1. The summed E-state index contributed by atoms with van der Waals surface area (Å²) in [6, 6.07) is 11.9. The number of anilines is 1. The Balaban J connectivity index is 1.87. The molecule has 0 spiro atoms. The maximum atomic E-state index is 5.86. The Labute approximate surface area is 120 Å². The van der Waals surface area contributed by atoms with Crippen LogP contribution in [0.5, 0.6) is 11.5 Å². The molecule has 2 N–H and O–H groups in total. The predicted molar refractivity (Wildman–Crippen MR) is 82.5 cm³/mol. The molecule has 0 heterocycles. The molecule has 0 radical (unpaired) electrons. The van der Waals surface area contributed by atoms with Crippen LogP contribution in [0.3, 0.4) is 0 Å². The van der Waals surface area contributed by atoms with E-state index in [4.69, 9.17) is 15.2 Å². The average molecular weight is 271 g/mol. The lowest BCUT2D eigenvalue weighted by Gasteiger charge is -2.12. The van der Waals surface area contributed by atoms with Gasteiger partial charge in [-0.05, 0) is 55.7 Å². The Morgan fingerprint density at radius 1 is 0.800 bits per heavy atom. The van der Waals surface area contributed by atoms with Crippen molar-refractivity contribution in [2.75, 3.05) is 18.9 Å². The van der Waals surface area contributed by atoms with E-state index in [2.05, 4.69) is 19.1 Å². The molecule has 0 aromatic heterocycles. The SMILES string of the molecule is Cc1ccc(C)c(OCCOc2cc(C)ccc2N)c1. The van der Waals surface area contributed by atoms with Crippen LogP contribution in [0.4, 0.5) is 5.69 Å². The Hall–Kier alpha value is -2.16. The molecular weight excluding hydrogens is 250 g/mol. The van der Waals surface area contributed by atoms with E-state index < -0.39 is 0 Å². The van der Waals surface area contributed by atoms with Gasteiger partial charge in [-0.1, -0.05) is 18.2 Å². The smallest absolute Gasteiger partial charge is 0.142 e. The topological polar surface area (TPSA) is 44.5 Å². The largest absolute Gasteiger partial charge is 0.490 e. The van der Waals surface area contributed by atoms with E-state index in [9.17, 15) is 0 Å². The van der Waals surface area contributed by atoms with E-state index in [1.807, 2.05) is 38.1 Å². The van der Waals surface area contributed by atoms with Crippen LogP contribution in [0.25, 0.3) is 0 Å². The molecule has 2 aromatic rings. The Kier molecular flexibility index (Phi) is 4.51. The van der Waals surface area contributed by atoms with Gasteiger partial charge in [-0.15, -0.1) is 0 Å². The third-order valence-corrected chi connectivity index (χ3v) is 3.11. The lowest BCUT2D eigenvalue weighted by Crippen LogP contribution is -2.10. The summed E-state index contributed by atoms with van der Waals surface area (Å²) in [6.07, 6.45) is 0. The molecule has 3 heteroatoms. The standard InChI is InChI=1S/C17H21NO2/c1-12-4-6-14(3)16(10-12)19-8-9-20-17-11-13(2)5-7-15(17)18/h4-7,10-11H,8-9,18H2,1-3H3. The maximum Gasteiger partial charge on any atom is 0.142 e. The molecule has 0 fully saturated rings. The number of benzene rings is 2. The minimum atomic E-state index is 0.473. The number of hydrogen-bond acceptors (Lipinski definition) is 3. The van der Waals surface area contributed by atoms with Crippen LogP contribution in [-0.4, -0.2) is 13.2 Å². The summed E-state index contributed by atoms with van der Waals surface area (Å²) >= 11 is 0. The fraction of sp³-hybridized carbons (Fsp3) is 0.294. The summed E-state index contributed by atoms with van der Waals surface area (Å²) in [6.45, 7) is 7.07. The zero-order valence-corrected chi connectivity index (χ0v) is 12.3. The molecule has 0 atom stereocenters. The third kappa shape index (κ3) is 3.67. The van der Waals surface area contributed by atoms with Crippen molar-refractivity contribution in [3.05, 3.63) is 53.1 Å². The number of nitrogen functional groups attached to an aromatic ring is 1. The minimum Gasteiger partial charge on any atom is -0.490 e. The molecule has 0 bridgehead atoms. The third-order valence-electron chi connectivity index (χ3n) is 3.11. The first-order chi connectivity index (χ1) is 9.56. The summed E-state index contributed by atoms with van der Waals surface area (Å²) in [5.41, 5.74) is 9.96. The molecule has 2 aromatic carbocycles. The van der Waals surface area contributed by atoms with Crippen LogP contribution in [0.1, 0.15) is 16.7 Å². The van der Waals surface area contributed by atoms with E-state index in [-0.39, 0.29) is 0 Å². The second-order valence-corrected chi connectivity index (χ2v) is 5.01. The summed E-state index contributed by atoms with van der Waals surface area (Å²) in [5.74, 6) is 1.63. The van der Waals surface area contributed by atoms with Crippen LogP contribution < -0.4 is 15.2 Å². The van der Waals surface area contributed by atoms with Gasteiger partial charge >= 0.3 is 0 Å². The lowest BCUT2D eigenvalue weighted by molar-refractivity contribution is 0.217. The van der Waals surface area contributed by atoms with Gasteiger partial charge < -0.3 is 15.2 Å². The first-order valence-corrected chi connectivity index (χ1v) is 6.75. The quantitative estimate of drug-likeness (QED) is 0.667. The summed E-state index contributed by atoms with van der Waals surface area (Å²) in [4.78, 5) is 0. The fourth-order valence-electron chi connectivity index (χ4n) is 1.93. The van der Waals surface area contributed by atoms with Crippen LogP contribution in [-0.2, 0) is 0 Å². The minimum absolute atomic E-state index is 0.473. The summed E-state index contributed by atoms with van der Waals surface area (Å²) in [7, 11) is 0. The molecule has 0 saturated carbocycles. The Morgan fingerprint density at radius 2 is 1.35 bits per heavy atom. The zero-order valence-electron chi connectivity index (χ0n) is 12.3. The normalized spacial score (nSPS) is 10.3. The Bertz CT molecular complexity index is 540. The van der Waals surface area contributed by atoms with E-state index in [0.29, 0.717) is 18.9 Å². The number of aryl methyl sites for hydroxylation is 3. The van der Waals surface area contributed by atoms with Crippen molar-refractivity contribution >= 4 is 5.69 Å². The predicted octanol–water partition coefficient (Wildman–Crippen LogP) is 3.65. The second-order valence-electron chi connectivity index (χ2n) is 5.01.